The molecule has 0 radical (unpaired) electrons. The summed E-state index contributed by atoms with van der Waals surface area (Å²) in [6.45, 7) is 0. The van der Waals surface area contributed by atoms with Crippen molar-refractivity contribution in [3.8, 4) is 0 Å². The lowest BCUT2D eigenvalue weighted by Crippen LogP contribution is -2.30. The van der Waals surface area contributed by atoms with E-state index < -0.39 is 0 Å². The Morgan fingerprint density at radius 2 is 2.33 bits per heavy atom. The Morgan fingerprint density at radius 3 is 2.94 bits per heavy atom. The minimum absolute atomic E-state index is 0.0276. The average Bonchev–Trinajstić information content (AvgIpc) is 2.75. The first kappa shape index (κ1) is 13.8. The summed E-state index contributed by atoms with van der Waals surface area (Å²) in [4.78, 5) is 0. The zero-order valence-electron chi connectivity index (χ0n) is 9.90. The van der Waals surface area contributed by atoms with Gasteiger partial charge in [-0.1, -0.05) is 11.6 Å². The maximum atomic E-state index is 6.04. The summed E-state index contributed by atoms with van der Waals surface area (Å²) in [5.41, 5.74) is 5.09. The van der Waals surface area contributed by atoms with Gasteiger partial charge >= 0.3 is 0 Å². The predicted molar refractivity (Wildman–Crippen MR) is 81.1 cm³/mol. The summed E-state index contributed by atoms with van der Waals surface area (Å²) in [6, 6.07) is 5.85. The highest BCUT2D eigenvalue weighted by Crippen LogP contribution is 2.25. The lowest BCUT2D eigenvalue weighted by atomic mass is 10.0. The molecule has 1 unspecified atom stereocenters. The molecule has 0 fully saturated rings. The van der Waals surface area contributed by atoms with E-state index in [-0.39, 0.29) is 6.04 Å². The minimum Gasteiger partial charge on any atom is -0.276 e. The molecule has 2 aromatic rings. The zero-order chi connectivity index (χ0) is 13.1. The van der Waals surface area contributed by atoms with Crippen LogP contribution in [0, 0.1) is 3.57 Å². The summed E-state index contributed by atoms with van der Waals surface area (Å²) in [6.07, 6.45) is 4.62. The molecule has 1 atom stereocenters. The van der Waals surface area contributed by atoms with Crippen LogP contribution in [0.2, 0.25) is 5.02 Å². The third-order valence-corrected chi connectivity index (χ3v) is 3.95. The molecule has 3 N–H and O–H groups in total. The number of aryl methyl sites for hydroxylation is 1. The third-order valence-electron chi connectivity index (χ3n) is 2.73. The molecule has 96 valence electrons. The van der Waals surface area contributed by atoms with Crippen LogP contribution in [-0.4, -0.2) is 9.78 Å². The molecule has 4 nitrogen and oxygen atoms in total. The van der Waals surface area contributed by atoms with E-state index in [0.717, 1.165) is 26.1 Å². The quantitative estimate of drug-likeness (QED) is 0.489. The van der Waals surface area contributed by atoms with Gasteiger partial charge in [0.25, 0.3) is 0 Å². The van der Waals surface area contributed by atoms with Crippen LogP contribution in [0.4, 0.5) is 0 Å². The Labute approximate surface area is 125 Å². The summed E-state index contributed by atoms with van der Waals surface area (Å²) < 4.78 is 2.93. The Kier molecular flexibility index (Phi) is 4.60. The highest BCUT2D eigenvalue weighted by molar-refractivity contribution is 14.1. The molecular formula is C12H14ClIN4. The van der Waals surface area contributed by atoms with Crippen LogP contribution >= 0.6 is 34.2 Å². The second kappa shape index (κ2) is 6.01. The van der Waals surface area contributed by atoms with Crippen LogP contribution in [0.5, 0.6) is 0 Å². The number of benzene rings is 1. The zero-order valence-corrected chi connectivity index (χ0v) is 12.8. The fraction of sp³-hybridized carbons (Fsp3) is 0.250. The van der Waals surface area contributed by atoms with E-state index >= 15 is 0 Å². The lowest BCUT2D eigenvalue weighted by Gasteiger charge is -2.17. The van der Waals surface area contributed by atoms with Gasteiger partial charge in [0, 0.05) is 21.8 Å². The van der Waals surface area contributed by atoms with Gasteiger partial charge in [-0.3, -0.25) is 16.0 Å². The second-order valence-electron chi connectivity index (χ2n) is 4.11. The molecule has 18 heavy (non-hydrogen) atoms. The van der Waals surface area contributed by atoms with Gasteiger partial charge in [-0.05, 0) is 58.3 Å². The SMILES string of the molecule is Cn1cc(CC(NN)c2cc(Cl)ccc2I)cn1. The van der Waals surface area contributed by atoms with Crippen molar-refractivity contribution in [1.29, 1.82) is 0 Å². The van der Waals surface area contributed by atoms with E-state index in [4.69, 9.17) is 17.4 Å². The van der Waals surface area contributed by atoms with Crippen molar-refractivity contribution in [1.82, 2.24) is 15.2 Å². The Balaban J connectivity index is 2.25. The molecule has 1 aromatic carbocycles. The first-order valence-electron chi connectivity index (χ1n) is 5.48. The van der Waals surface area contributed by atoms with Crippen LogP contribution < -0.4 is 11.3 Å². The molecule has 1 heterocycles. The van der Waals surface area contributed by atoms with Crippen molar-refractivity contribution in [3.63, 3.8) is 0 Å². The van der Waals surface area contributed by atoms with Crippen molar-refractivity contribution in [2.24, 2.45) is 12.9 Å². The summed E-state index contributed by atoms with van der Waals surface area (Å²) in [7, 11) is 1.90. The number of nitrogens with two attached hydrogens (primary N) is 1. The van der Waals surface area contributed by atoms with Crippen molar-refractivity contribution in [3.05, 3.63) is 50.3 Å². The van der Waals surface area contributed by atoms with E-state index in [9.17, 15) is 0 Å². The van der Waals surface area contributed by atoms with Crippen LogP contribution in [0.15, 0.2) is 30.6 Å². The second-order valence-corrected chi connectivity index (χ2v) is 5.71. The lowest BCUT2D eigenvalue weighted by molar-refractivity contribution is 0.549. The van der Waals surface area contributed by atoms with E-state index in [2.05, 4.69) is 33.1 Å². The van der Waals surface area contributed by atoms with Crippen molar-refractivity contribution in [2.45, 2.75) is 12.5 Å². The van der Waals surface area contributed by atoms with Gasteiger partial charge < -0.3 is 0 Å². The molecule has 0 aliphatic rings. The summed E-state index contributed by atoms with van der Waals surface area (Å²) in [5, 5.41) is 4.88. The maximum Gasteiger partial charge on any atom is 0.0522 e. The number of aromatic nitrogens is 2. The van der Waals surface area contributed by atoms with Gasteiger partial charge in [-0.2, -0.15) is 5.10 Å². The highest BCUT2D eigenvalue weighted by Gasteiger charge is 2.15. The number of hydrazine groups is 1. The van der Waals surface area contributed by atoms with Gasteiger partial charge in [0.15, 0.2) is 0 Å². The minimum atomic E-state index is 0.0276. The molecule has 2 rings (SSSR count). The molecule has 0 aliphatic carbocycles. The van der Waals surface area contributed by atoms with E-state index in [1.54, 1.807) is 4.68 Å². The van der Waals surface area contributed by atoms with E-state index in [0.29, 0.717) is 0 Å². The Bertz CT molecular complexity index is 541. The van der Waals surface area contributed by atoms with Crippen molar-refractivity contribution in [2.75, 3.05) is 0 Å². The molecule has 0 bridgehead atoms. The summed E-state index contributed by atoms with van der Waals surface area (Å²) >= 11 is 8.33. The Morgan fingerprint density at radius 1 is 1.56 bits per heavy atom. The van der Waals surface area contributed by atoms with Gasteiger partial charge in [0.05, 0.1) is 12.2 Å². The van der Waals surface area contributed by atoms with Crippen molar-refractivity contribution >= 4 is 34.2 Å². The first-order chi connectivity index (χ1) is 8.60. The molecule has 0 spiro atoms. The Hall–Kier alpha value is -0.630. The van der Waals surface area contributed by atoms with Gasteiger partial charge in [-0.25, -0.2) is 0 Å². The first-order valence-corrected chi connectivity index (χ1v) is 6.94. The molecule has 1 aromatic heterocycles. The normalized spacial score (nSPS) is 12.7. The molecule has 6 heteroatoms. The number of rotatable bonds is 4. The third kappa shape index (κ3) is 3.23. The van der Waals surface area contributed by atoms with Crippen LogP contribution in [-0.2, 0) is 13.5 Å². The maximum absolute atomic E-state index is 6.04. The van der Waals surface area contributed by atoms with Gasteiger partial charge in [0.2, 0.25) is 0 Å². The molecule has 0 saturated heterocycles. The highest BCUT2D eigenvalue weighted by atomic mass is 127. The molecule has 0 saturated carbocycles. The van der Waals surface area contributed by atoms with Crippen LogP contribution in [0.1, 0.15) is 17.2 Å². The van der Waals surface area contributed by atoms with Crippen LogP contribution in [0.3, 0.4) is 0 Å². The number of hydrogen-bond donors (Lipinski definition) is 2. The fourth-order valence-corrected chi connectivity index (χ4v) is 2.75. The fourth-order valence-electron chi connectivity index (χ4n) is 1.85. The smallest absolute Gasteiger partial charge is 0.0522 e. The monoisotopic (exact) mass is 376 g/mol. The number of hydrogen-bond acceptors (Lipinski definition) is 3. The number of halogens is 2. The predicted octanol–water partition coefficient (Wildman–Crippen LogP) is 2.43. The van der Waals surface area contributed by atoms with E-state index in [1.807, 2.05) is 37.6 Å². The number of nitrogens with one attached hydrogen (secondary N) is 1. The standard InChI is InChI=1S/C12H14ClIN4/c1-18-7-8(6-16-18)4-12(17-15)10-5-9(13)2-3-11(10)14/h2-3,5-7,12,17H,4,15H2,1H3. The molecule has 0 aliphatic heterocycles. The summed E-state index contributed by atoms with van der Waals surface area (Å²) in [5.74, 6) is 5.65. The largest absolute Gasteiger partial charge is 0.276 e. The number of nitrogens with zero attached hydrogens (tertiary/aromatic N) is 2. The molecular weight excluding hydrogens is 363 g/mol. The van der Waals surface area contributed by atoms with Crippen molar-refractivity contribution < 1.29 is 0 Å². The van der Waals surface area contributed by atoms with Gasteiger partial charge in [0.1, 0.15) is 0 Å². The van der Waals surface area contributed by atoms with E-state index in [1.165, 1.54) is 0 Å². The average molecular weight is 377 g/mol. The van der Waals surface area contributed by atoms with Gasteiger partial charge in [-0.15, -0.1) is 0 Å². The van der Waals surface area contributed by atoms with Crippen LogP contribution in [0.25, 0.3) is 0 Å². The topological polar surface area (TPSA) is 55.9 Å². The molecule has 0 amide bonds.